The number of nitrogens with two attached hydrogens (primary N) is 1. The Kier molecular flexibility index (Phi) is 3.46. The molecule has 0 radical (unpaired) electrons. The van der Waals surface area contributed by atoms with E-state index in [9.17, 15) is 4.79 Å². The average molecular weight is 220 g/mol. The summed E-state index contributed by atoms with van der Waals surface area (Å²) in [5.41, 5.74) is 5.65. The van der Waals surface area contributed by atoms with Gasteiger partial charge in [-0.3, -0.25) is 4.79 Å². The number of aromatic nitrogens is 2. The van der Waals surface area contributed by atoms with E-state index in [0.29, 0.717) is 18.3 Å². The summed E-state index contributed by atoms with van der Waals surface area (Å²) in [5, 5.41) is 10.3. The number of carbonyl (C=O) groups excluding carboxylic acids is 1. The van der Waals surface area contributed by atoms with Gasteiger partial charge >= 0.3 is 0 Å². The Bertz CT molecular complexity index is 354. The van der Waals surface area contributed by atoms with Crippen molar-refractivity contribution in [3.8, 4) is 0 Å². The summed E-state index contributed by atoms with van der Waals surface area (Å²) in [6.07, 6.45) is 4.64. The zero-order valence-corrected chi connectivity index (χ0v) is 9.10. The molecule has 1 aromatic heterocycles. The Balaban J connectivity index is 1.98. The fourth-order valence-corrected chi connectivity index (χ4v) is 2.25. The van der Waals surface area contributed by atoms with Crippen molar-refractivity contribution >= 4 is 11.7 Å². The number of hydrogen-bond donors (Lipinski definition) is 2. The van der Waals surface area contributed by atoms with E-state index < -0.39 is 0 Å². The molecule has 0 aromatic carbocycles. The SMILES string of the molecule is NCC1CCCC1C(=O)Nc1cccnn1. The first-order valence-corrected chi connectivity index (χ1v) is 5.60. The molecule has 1 aromatic rings. The predicted octanol–water partition coefficient (Wildman–Crippen LogP) is 0.790. The van der Waals surface area contributed by atoms with E-state index in [-0.39, 0.29) is 11.8 Å². The summed E-state index contributed by atoms with van der Waals surface area (Å²) >= 11 is 0. The van der Waals surface area contributed by atoms with Crippen molar-refractivity contribution in [3.63, 3.8) is 0 Å². The zero-order chi connectivity index (χ0) is 11.4. The van der Waals surface area contributed by atoms with Gasteiger partial charge in [-0.15, -0.1) is 5.10 Å². The van der Waals surface area contributed by atoms with Gasteiger partial charge in [0.25, 0.3) is 0 Å². The summed E-state index contributed by atoms with van der Waals surface area (Å²) in [6.45, 7) is 0.582. The molecule has 2 rings (SSSR count). The van der Waals surface area contributed by atoms with E-state index in [0.717, 1.165) is 19.3 Å². The first kappa shape index (κ1) is 11.0. The molecule has 0 bridgehead atoms. The summed E-state index contributed by atoms with van der Waals surface area (Å²) in [7, 11) is 0. The molecule has 2 unspecified atom stereocenters. The van der Waals surface area contributed by atoms with Crippen LogP contribution in [-0.4, -0.2) is 22.6 Å². The van der Waals surface area contributed by atoms with Crippen LogP contribution in [0.2, 0.25) is 0 Å². The first-order valence-electron chi connectivity index (χ1n) is 5.60. The number of nitrogens with zero attached hydrogens (tertiary/aromatic N) is 2. The van der Waals surface area contributed by atoms with Gasteiger partial charge in [0, 0.05) is 12.1 Å². The molecule has 5 nitrogen and oxygen atoms in total. The van der Waals surface area contributed by atoms with Gasteiger partial charge < -0.3 is 11.1 Å². The van der Waals surface area contributed by atoms with Crippen molar-refractivity contribution in [1.29, 1.82) is 0 Å². The van der Waals surface area contributed by atoms with Gasteiger partial charge in [-0.25, -0.2) is 0 Å². The van der Waals surface area contributed by atoms with Crippen LogP contribution in [0.1, 0.15) is 19.3 Å². The highest BCUT2D eigenvalue weighted by atomic mass is 16.2. The molecular formula is C11H16N4O. The summed E-state index contributed by atoms with van der Waals surface area (Å²) < 4.78 is 0. The number of carbonyl (C=O) groups is 1. The second-order valence-corrected chi connectivity index (χ2v) is 4.13. The molecule has 0 saturated heterocycles. The largest absolute Gasteiger partial charge is 0.330 e. The van der Waals surface area contributed by atoms with Crippen molar-refractivity contribution in [1.82, 2.24) is 10.2 Å². The van der Waals surface area contributed by atoms with Crippen LogP contribution >= 0.6 is 0 Å². The van der Waals surface area contributed by atoms with Crippen molar-refractivity contribution < 1.29 is 4.79 Å². The van der Waals surface area contributed by atoms with Gasteiger partial charge in [-0.05, 0) is 37.4 Å². The van der Waals surface area contributed by atoms with Crippen LogP contribution in [0.4, 0.5) is 5.82 Å². The van der Waals surface area contributed by atoms with Gasteiger partial charge in [0.15, 0.2) is 5.82 Å². The Morgan fingerprint density at radius 1 is 1.56 bits per heavy atom. The highest BCUT2D eigenvalue weighted by Gasteiger charge is 2.31. The van der Waals surface area contributed by atoms with E-state index in [2.05, 4.69) is 15.5 Å². The lowest BCUT2D eigenvalue weighted by Gasteiger charge is -2.16. The topological polar surface area (TPSA) is 80.9 Å². The van der Waals surface area contributed by atoms with Crippen molar-refractivity contribution in [2.24, 2.45) is 17.6 Å². The van der Waals surface area contributed by atoms with Gasteiger partial charge in [-0.2, -0.15) is 5.10 Å². The standard InChI is InChI=1S/C11H16N4O/c12-7-8-3-1-4-9(8)11(16)14-10-5-2-6-13-15-10/h2,5-6,8-9H,1,3-4,7,12H2,(H,14,15,16). The Morgan fingerprint density at radius 2 is 2.44 bits per heavy atom. The van der Waals surface area contributed by atoms with Crippen LogP contribution in [0.3, 0.4) is 0 Å². The van der Waals surface area contributed by atoms with E-state index >= 15 is 0 Å². The summed E-state index contributed by atoms with van der Waals surface area (Å²) in [5.74, 6) is 0.882. The minimum absolute atomic E-state index is 0.0217. The maximum atomic E-state index is 11.9. The molecule has 1 aliphatic carbocycles. The monoisotopic (exact) mass is 220 g/mol. The fraction of sp³-hybridized carbons (Fsp3) is 0.545. The third-order valence-electron chi connectivity index (χ3n) is 3.12. The molecule has 1 saturated carbocycles. The van der Waals surface area contributed by atoms with E-state index in [1.165, 1.54) is 0 Å². The third-order valence-corrected chi connectivity index (χ3v) is 3.12. The van der Waals surface area contributed by atoms with E-state index in [1.807, 2.05) is 0 Å². The molecule has 5 heteroatoms. The minimum Gasteiger partial charge on any atom is -0.330 e. The van der Waals surface area contributed by atoms with Crippen LogP contribution in [-0.2, 0) is 4.79 Å². The molecule has 1 amide bonds. The molecule has 0 aliphatic heterocycles. The number of anilines is 1. The minimum atomic E-state index is 0.0217. The van der Waals surface area contributed by atoms with Crippen LogP contribution in [0.15, 0.2) is 18.3 Å². The maximum absolute atomic E-state index is 11.9. The fourth-order valence-electron chi connectivity index (χ4n) is 2.25. The van der Waals surface area contributed by atoms with Crippen molar-refractivity contribution in [2.75, 3.05) is 11.9 Å². The molecule has 16 heavy (non-hydrogen) atoms. The lowest BCUT2D eigenvalue weighted by Crippen LogP contribution is -2.30. The molecule has 86 valence electrons. The van der Waals surface area contributed by atoms with E-state index in [1.54, 1.807) is 18.3 Å². The highest BCUT2D eigenvalue weighted by molar-refractivity contribution is 5.91. The van der Waals surface area contributed by atoms with Crippen LogP contribution < -0.4 is 11.1 Å². The number of rotatable bonds is 3. The molecule has 1 fully saturated rings. The quantitative estimate of drug-likeness (QED) is 0.789. The number of hydrogen-bond acceptors (Lipinski definition) is 4. The smallest absolute Gasteiger partial charge is 0.229 e. The second kappa shape index (κ2) is 5.03. The normalized spacial score (nSPS) is 24.3. The van der Waals surface area contributed by atoms with Gasteiger partial charge in [0.05, 0.1) is 0 Å². The highest BCUT2D eigenvalue weighted by Crippen LogP contribution is 2.31. The van der Waals surface area contributed by atoms with Crippen molar-refractivity contribution in [3.05, 3.63) is 18.3 Å². The van der Waals surface area contributed by atoms with Gasteiger partial charge in [-0.1, -0.05) is 6.42 Å². The average Bonchev–Trinajstić information content (AvgIpc) is 2.78. The van der Waals surface area contributed by atoms with Crippen LogP contribution in [0.25, 0.3) is 0 Å². The van der Waals surface area contributed by atoms with Gasteiger partial charge in [0.2, 0.25) is 5.91 Å². The summed E-state index contributed by atoms with van der Waals surface area (Å²) in [4.78, 5) is 11.9. The second-order valence-electron chi connectivity index (χ2n) is 4.13. The first-order chi connectivity index (χ1) is 7.81. The third kappa shape index (κ3) is 2.36. The van der Waals surface area contributed by atoms with Gasteiger partial charge in [0.1, 0.15) is 0 Å². The van der Waals surface area contributed by atoms with Crippen LogP contribution in [0, 0.1) is 11.8 Å². The Hall–Kier alpha value is -1.49. The molecule has 0 spiro atoms. The van der Waals surface area contributed by atoms with E-state index in [4.69, 9.17) is 5.73 Å². The molecular weight excluding hydrogens is 204 g/mol. The molecule has 1 heterocycles. The predicted molar refractivity (Wildman–Crippen MR) is 60.5 cm³/mol. The zero-order valence-electron chi connectivity index (χ0n) is 9.10. The molecule has 3 N–H and O–H groups in total. The lowest BCUT2D eigenvalue weighted by atomic mass is 9.95. The maximum Gasteiger partial charge on any atom is 0.229 e. The molecule has 1 aliphatic rings. The van der Waals surface area contributed by atoms with Crippen molar-refractivity contribution in [2.45, 2.75) is 19.3 Å². The number of amides is 1. The van der Waals surface area contributed by atoms with Crippen LogP contribution in [0.5, 0.6) is 0 Å². The lowest BCUT2D eigenvalue weighted by molar-refractivity contribution is -0.120. The Morgan fingerprint density at radius 3 is 3.12 bits per heavy atom. The Labute approximate surface area is 94.4 Å². The molecule has 2 atom stereocenters. The summed E-state index contributed by atoms with van der Waals surface area (Å²) in [6, 6.07) is 3.48. The number of nitrogens with one attached hydrogen (secondary N) is 1.